The largest absolute Gasteiger partial charge is 0.275 e. The lowest BCUT2D eigenvalue weighted by Gasteiger charge is -1.94. The number of hydrogen-bond acceptors (Lipinski definition) is 3. The van der Waals surface area contributed by atoms with Crippen LogP contribution < -0.4 is 0 Å². The lowest BCUT2D eigenvalue weighted by atomic mass is 10.2. The van der Waals surface area contributed by atoms with E-state index in [9.17, 15) is 9.18 Å². The van der Waals surface area contributed by atoms with Crippen molar-refractivity contribution in [1.82, 2.24) is 4.98 Å². The van der Waals surface area contributed by atoms with Crippen molar-refractivity contribution in [2.75, 3.05) is 0 Å². The van der Waals surface area contributed by atoms with Gasteiger partial charge in [-0.1, -0.05) is 0 Å². The molecule has 0 saturated heterocycles. The summed E-state index contributed by atoms with van der Waals surface area (Å²) in [5, 5.41) is 7.41. The van der Waals surface area contributed by atoms with Crippen LogP contribution in [0.2, 0.25) is 0 Å². The summed E-state index contributed by atoms with van der Waals surface area (Å²) < 4.78 is 12.7. The summed E-state index contributed by atoms with van der Waals surface area (Å²) in [6.45, 7) is 0. The maximum absolute atomic E-state index is 12.7. The fraction of sp³-hybridized carbons (Fsp3) is 0. The first-order valence-electron chi connectivity index (χ1n) is 2.90. The molecule has 0 saturated carbocycles. The van der Waals surface area contributed by atoms with Crippen molar-refractivity contribution in [1.29, 1.82) is 5.26 Å². The first kappa shape index (κ1) is 8.62. The topological polar surface area (TPSA) is 53.8 Å². The van der Waals surface area contributed by atoms with Gasteiger partial charge in [0.05, 0.1) is 11.8 Å². The van der Waals surface area contributed by atoms with Gasteiger partial charge in [0.2, 0.25) is 0 Å². The highest BCUT2D eigenvalue weighted by Gasteiger charge is 2.10. The highest BCUT2D eigenvalue weighted by atomic mass is 35.5. The fourth-order valence-electron chi connectivity index (χ4n) is 0.650. The smallest absolute Gasteiger partial charge is 0.255 e. The third-order valence-corrected chi connectivity index (χ3v) is 1.39. The number of carbonyl (C=O) groups excluding carboxylic acids is 1. The Balaban J connectivity index is 3.28. The Labute approximate surface area is 72.4 Å². The zero-order valence-electron chi connectivity index (χ0n) is 5.71. The zero-order chi connectivity index (χ0) is 9.14. The van der Waals surface area contributed by atoms with E-state index in [1.54, 1.807) is 6.07 Å². The van der Waals surface area contributed by atoms with Gasteiger partial charge in [0.1, 0.15) is 11.8 Å². The molecule has 0 radical (unpaired) electrons. The molecular formula is C7H2ClFN2O. The van der Waals surface area contributed by atoms with E-state index in [4.69, 9.17) is 16.9 Å². The van der Waals surface area contributed by atoms with Crippen LogP contribution in [-0.2, 0) is 0 Å². The summed E-state index contributed by atoms with van der Waals surface area (Å²) in [5.41, 5.74) is -0.372. The van der Waals surface area contributed by atoms with Gasteiger partial charge in [-0.3, -0.25) is 4.79 Å². The van der Waals surface area contributed by atoms with Crippen LogP contribution in [0.5, 0.6) is 0 Å². The summed E-state index contributed by atoms with van der Waals surface area (Å²) in [6, 6.07) is 2.67. The van der Waals surface area contributed by atoms with E-state index >= 15 is 0 Å². The van der Waals surface area contributed by atoms with Crippen LogP contribution in [0.25, 0.3) is 0 Å². The molecule has 1 aromatic heterocycles. The minimum Gasteiger partial charge on any atom is -0.275 e. The van der Waals surface area contributed by atoms with Gasteiger partial charge in [0, 0.05) is 0 Å². The Morgan fingerprint density at radius 1 is 1.75 bits per heavy atom. The summed E-state index contributed by atoms with van der Waals surface area (Å²) in [5.74, 6) is -0.825. The van der Waals surface area contributed by atoms with Gasteiger partial charge in [-0.15, -0.1) is 0 Å². The lowest BCUT2D eigenvalue weighted by Crippen LogP contribution is -1.97. The molecule has 60 valence electrons. The third kappa shape index (κ3) is 1.57. The van der Waals surface area contributed by atoms with Crippen LogP contribution in [-0.4, -0.2) is 10.2 Å². The minimum atomic E-state index is -0.939. The molecule has 1 aromatic rings. The van der Waals surface area contributed by atoms with Crippen molar-refractivity contribution in [3.63, 3.8) is 0 Å². The van der Waals surface area contributed by atoms with E-state index in [2.05, 4.69) is 4.98 Å². The molecule has 0 amide bonds. The lowest BCUT2D eigenvalue weighted by molar-refractivity contribution is 0.107. The average molecular weight is 185 g/mol. The molecule has 0 atom stereocenters. The van der Waals surface area contributed by atoms with Crippen LogP contribution in [0.1, 0.15) is 16.1 Å². The summed E-state index contributed by atoms with van der Waals surface area (Å²) >= 11 is 5.02. The van der Waals surface area contributed by atoms with Crippen LogP contribution in [0.3, 0.4) is 0 Å². The first-order valence-corrected chi connectivity index (χ1v) is 3.28. The van der Waals surface area contributed by atoms with Crippen LogP contribution >= 0.6 is 11.6 Å². The predicted molar refractivity (Wildman–Crippen MR) is 39.1 cm³/mol. The Morgan fingerprint density at radius 3 is 2.92 bits per heavy atom. The summed E-state index contributed by atoms with van der Waals surface area (Å²) in [4.78, 5) is 13.9. The van der Waals surface area contributed by atoms with Crippen molar-refractivity contribution in [2.24, 2.45) is 0 Å². The maximum Gasteiger partial charge on any atom is 0.255 e. The number of carbonyl (C=O) groups is 1. The number of pyridine rings is 1. The minimum absolute atomic E-state index is 0.0413. The molecule has 0 spiro atoms. The molecule has 0 bridgehead atoms. The van der Waals surface area contributed by atoms with Gasteiger partial charge < -0.3 is 0 Å². The van der Waals surface area contributed by atoms with Crippen LogP contribution in [0.15, 0.2) is 12.3 Å². The molecule has 1 heterocycles. The molecule has 12 heavy (non-hydrogen) atoms. The van der Waals surface area contributed by atoms with Crippen LogP contribution in [0, 0.1) is 17.1 Å². The molecule has 5 heteroatoms. The highest BCUT2D eigenvalue weighted by molar-refractivity contribution is 6.67. The molecule has 0 aromatic carbocycles. The van der Waals surface area contributed by atoms with Gasteiger partial charge in [-0.25, -0.2) is 9.37 Å². The second-order valence-corrected chi connectivity index (χ2v) is 2.28. The van der Waals surface area contributed by atoms with Crippen molar-refractivity contribution >= 4 is 16.8 Å². The van der Waals surface area contributed by atoms with Gasteiger partial charge >= 0.3 is 0 Å². The quantitative estimate of drug-likeness (QED) is 0.621. The predicted octanol–water partition coefficient (Wildman–Crippen LogP) is 1.47. The first-order chi connectivity index (χ1) is 5.65. The number of nitriles is 1. The second-order valence-electron chi connectivity index (χ2n) is 1.93. The van der Waals surface area contributed by atoms with Gasteiger partial charge in [-0.05, 0) is 17.7 Å². The standard InChI is InChI=1S/C7H2ClFN2O/c8-7(12)5-1-4(2-10)11-3-6(5)9/h1,3H. The van der Waals surface area contributed by atoms with E-state index in [0.717, 1.165) is 12.3 Å². The molecule has 0 N–H and O–H groups in total. The van der Waals surface area contributed by atoms with E-state index in [-0.39, 0.29) is 11.3 Å². The van der Waals surface area contributed by atoms with Crippen LogP contribution in [0.4, 0.5) is 4.39 Å². The van der Waals surface area contributed by atoms with Crippen molar-refractivity contribution in [2.45, 2.75) is 0 Å². The van der Waals surface area contributed by atoms with Crippen molar-refractivity contribution in [3.8, 4) is 6.07 Å². The Hall–Kier alpha value is -1.47. The maximum atomic E-state index is 12.7. The molecule has 0 aliphatic rings. The Morgan fingerprint density at radius 2 is 2.42 bits per heavy atom. The van der Waals surface area contributed by atoms with Crippen molar-refractivity contribution in [3.05, 3.63) is 29.3 Å². The van der Waals surface area contributed by atoms with Gasteiger partial charge in [0.15, 0.2) is 5.82 Å². The molecule has 0 aliphatic carbocycles. The molecule has 0 unspecified atom stereocenters. The number of halogens is 2. The summed E-state index contributed by atoms with van der Waals surface area (Å²) in [6.07, 6.45) is 0.786. The van der Waals surface area contributed by atoms with E-state index in [1.807, 2.05) is 0 Å². The van der Waals surface area contributed by atoms with Gasteiger partial charge in [-0.2, -0.15) is 5.26 Å². The Bertz CT molecular complexity index is 372. The van der Waals surface area contributed by atoms with E-state index in [0.29, 0.717) is 0 Å². The highest BCUT2D eigenvalue weighted by Crippen LogP contribution is 2.09. The van der Waals surface area contributed by atoms with Gasteiger partial charge in [0.25, 0.3) is 5.24 Å². The SMILES string of the molecule is N#Cc1cc(C(=O)Cl)c(F)cn1. The number of aromatic nitrogens is 1. The zero-order valence-corrected chi connectivity index (χ0v) is 6.47. The average Bonchev–Trinajstić information content (AvgIpc) is 2.05. The third-order valence-electron chi connectivity index (χ3n) is 1.18. The molecule has 1 rings (SSSR count). The fourth-order valence-corrected chi connectivity index (χ4v) is 0.795. The second kappa shape index (κ2) is 3.28. The number of hydrogen-bond donors (Lipinski definition) is 0. The van der Waals surface area contributed by atoms with E-state index < -0.39 is 11.1 Å². The monoisotopic (exact) mass is 184 g/mol. The molecule has 0 aliphatic heterocycles. The molecule has 3 nitrogen and oxygen atoms in total. The Kier molecular flexibility index (Phi) is 2.36. The molecule has 0 fully saturated rings. The number of nitrogens with zero attached hydrogens (tertiary/aromatic N) is 2. The van der Waals surface area contributed by atoms with E-state index in [1.165, 1.54) is 0 Å². The van der Waals surface area contributed by atoms with Crippen molar-refractivity contribution < 1.29 is 9.18 Å². The normalized spacial score (nSPS) is 9.08. The summed E-state index contributed by atoms with van der Waals surface area (Å²) in [7, 11) is 0. The number of rotatable bonds is 1. The molecular weight excluding hydrogens is 183 g/mol.